The Morgan fingerprint density at radius 2 is 1.69 bits per heavy atom. The van der Waals surface area contributed by atoms with Gasteiger partial charge >= 0.3 is 0 Å². The molecular formula is C10H15FN2. The lowest BCUT2D eigenvalue weighted by Gasteiger charge is -2.17. The molecule has 1 heterocycles. The van der Waals surface area contributed by atoms with Crippen LogP contribution < -0.4 is 0 Å². The Bertz CT molecular complexity index is 272. The first-order valence-electron chi connectivity index (χ1n) is 4.38. The molecule has 0 fully saturated rings. The van der Waals surface area contributed by atoms with E-state index < -0.39 is 6.17 Å². The largest absolute Gasteiger partial charge is 0.239 e. The van der Waals surface area contributed by atoms with Gasteiger partial charge in [0.25, 0.3) is 0 Å². The number of alkyl halides is 1. The van der Waals surface area contributed by atoms with Crippen LogP contribution in [0.5, 0.6) is 0 Å². The first kappa shape index (κ1) is 10.1. The predicted molar refractivity (Wildman–Crippen MR) is 50.3 cm³/mol. The van der Waals surface area contributed by atoms with Crippen LogP contribution >= 0.6 is 0 Å². The van der Waals surface area contributed by atoms with Crippen molar-refractivity contribution in [3.05, 3.63) is 23.8 Å². The van der Waals surface area contributed by atoms with E-state index in [2.05, 4.69) is 30.7 Å². The van der Waals surface area contributed by atoms with E-state index in [0.717, 1.165) is 5.56 Å². The Balaban J connectivity index is 2.94. The van der Waals surface area contributed by atoms with Crippen molar-refractivity contribution in [3.63, 3.8) is 0 Å². The molecule has 0 aliphatic carbocycles. The summed E-state index contributed by atoms with van der Waals surface area (Å²) in [6.45, 7) is 7.66. The maximum atomic E-state index is 12.7. The molecule has 0 aliphatic heterocycles. The van der Waals surface area contributed by atoms with Crippen molar-refractivity contribution in [2.75, 3.05) is 0 Å². The summed E-state index contributed by atoms with van der Waals surface area (Å²) in [7, 11) is 0. The van der Waals surface area contributed by atoms with Gasteiger partial charge in [0.1, 0.15) is 0 Å². The number of nitrogens with zero attached hydrogens (tertiary/aromatic N) is 2. The smallest absolute Gasteiger partial charge is 0.162 e. The van der Waals surface area contributed by atoms with Crippen LogP contribution in [0, 0.1) is 0 Å². The highest BCUT2D eigenvalue weighted by atomic mass is 19.1. The predicted octanol–water partition coefficient (Wildman–Crippen LogP) is 2.80. The van der Waals surface area contributed by atoms with Gasteiger partial charge in [0.15, 0.2) is 12.0 Å². The van der Waals surface area contributed by atoms with Crippen molar-refractivity contribution in [1.82, 2.24) is 9.97 Å². The van der Waals surface area contributed by atoms with Crippen LogP contribution in [-0.2, 0) is 5.41 Å². The molecule has 1 aromatic heterocycles. The molecule has 2 nitrogen and oxygen atoms in total. The fourth-order valence-corrected chi connectivity index (χ4v) is 0.931. The van der Waals surface area contributed by atoms with Gasteiger partial charge in [0, 0.05) is 12.4 Å². The zero-order valence-electron chi connectivity index (χ0n) is 8.50. The van der Waals surface area contributed by atoms with Crippen LogP contribution in [0.25, 0.3) is 0 Å². The molecule has 0 bridgehead atoms. The van der Waals surface area contributed by atoms with Crippen LogP contribution in [-0.4, -0.2) is 9.97 Å². The Morgan fingerprint density at radius 3 is 2.00 bits per heavy atom. The van der Waals surface area contributed by atoms with Gasteiger partial charge in [-0.3, -0.25) is 0 Å². The molecule has 0 aromatic carbocycles. The molecule has 1 aromatic rings. The van der Waals surface area contributed by atoms with E-state index in [-0.39, 0.29) is 11.2 Å². The highest BCUT2D eigenvalue weighted by Crippen LogP contribution is 2.21. The van der Waals surface area contributed by atoms with E-state index in [1.165, 1.54) is 6.92 Å². The van der Waals surface area contributed by atoms with Gasteiger partial charge in [-0.05, 0) is 17.9 Å². The second-order valence-corrected chi connectivity index (χ2v) is 4.20. The molecule has 0 saturated heterocycles. The van der Waals surface area contributed by atoms with E-state index in [9.17, 15) is 4.39 Å². The normalized spacial score (nSPS) is 14.2. The minimum atomic E-state index is -1.09. The first-order chi connectivity index (χ1) is 5.91. The lowest BCUT2D eigenvalue weighted by atomic mass is 9.89. The Labute approximate surface area is 78.2 Å². The summed E-state index contributed by atoms with van der Waals surface area (Å²) in [4.78, 5) is 7.92. The fourth-order valence-electron chi connectivity index (χ4n) is 0.931. The quantitative estimate of drug-likeness (QED) is 0.667. The van der Waals surface area contributed by atoms with Crippen molar-refractivity contribution in [2.24, 2.45) is 0 Å². The first-order valence-corrected chi connectivity index (χ1v) is 4.38. The van der Waals surface area contributed by atoms with Crippen LogP contribution in [0.15, 0.2) is 12.4 Å². The van der Waals surface area contributed by atoms with Crippen LogP contribution in [0.3, 0.4) is 0 Å². The topological polar surface area (TPSA) is 25.8 Å². The lowest BCUT2D eigenvalue weighted by molar-refractivity contribution is 0.355. The number of hydrogen-bond acceptors (Lipinski definition) is 2. The monoisotopic (exact) mass is 182 g/mol. The molecule has 0 radical (unpaired) electrons. The highest BCUT2D eigenvalue weighted by molar-refractivity contribution is 5.15. The average molecular weight is 182 g/mol. The summed E-state index contributed by atoms with van der Waals surface area (Å²) in [5, 5.41) is 0. The third-order valence-corrected chi connectivity index (χ3v) is 1.89. The number of hydrogen-bond donors (Lipinski definition) is 0. The summed E-state index contributed by atoms with van der Waals surface area (Å²) >= 11 is 0. The standard InChI is InChI=1S/C10H15FN2/c1-7(11)9-12-5-8(6-13-9)10(2,3)4/h5-7H,1-4H3. The molecular weight excluding hydrogens is 167 g/mol. The van der Waals surface area contributed by atoms with Crippen LogP contribution in [0.1, 0.15) is 45.3 Å². The van der Waals surface area contributed by atoms with Gasteiger partial charge in [0.2, 0.25) is 0 Å². The summed E-state index contributed by atoms with van der Waals surface area (Å²) in [5.74, 6) is 0.257. The maximum absolute atomic E-state index is 12.7. The van der Waals surface area contributed by atoms with Crippen molar-refractivity contribution >= 4 is 0 Å². The van der Waals surface area contributed by atoms with Gasteiger partial charge in [-0.15, -0.1) is 0 Å². The molecule has 72 valence electrons. The zero-order chi connectivity index (χ0) is 10.1. The molecule has 1 rings (SSSR count). The highest BCUT2D eigenvalue weighted by Gasteiger charge is 2.15. The summed E-state index contributed by atoms with van der Waals surface area (Å²) < 4.78 is 12.7. The third-order valence-electron chi connectivity index (χ3n) is 1.89. The molecule has 13 heavy (non-hydrogen) atoms. The number of rotatable bonds is 1. The second-order valence-electron chi connectivity index (χ2n) is 4.20. The summed E-state index contributed by atoms with van der Waals surface area (Å²) in [6.07, 6.45) is 2.30. The molecule has 0 spiro atoms. The SMILES string of the molecule is CC(F)c1ncc(C(C)(C)C)cn1. The summed E-state index contributed by atoms with van der Waals surface area (Å²) in [6, 6.07) is 0. The minimum absolute atomic E-state index is 0.0259. The van der Waals surface area contributed by atoms with Gasteiger partial charge in [-0.25, -0.2) is 14.4 Å². The second kappa shape index (κ2) is 3.40. The van der Waals surface area contributed by atoms with Gasteiger partial charge in [0.05, 0.1) is 0 Å². The van der Waals surface area contributed by atoms with E-state index in [4.69, 9.17) is 0 Å². The Morgan fingerprint density at radius 1 is 1.23 bits per heavy atom. The van der Waals surface area contributed by atoms with Crippen molar-refractivity contribution in [1.29, 1.82) is 0 Å². The number of aromatic nitrogens is 2. The molecule has 0 amide bonds. The van der Waals surface area contributed by atoms with Gasteiger partial charge in [-0.2, -0.15) is 0 Å². The molecule has 0 N–H and O–H groups in total. The van der Waals surface area contributed by atoms with Crippen LogP contribution in [0.4, 0.5) is 4.39 Å². The van der Waals surface area contributed by atoms with Crippen LogP contribution in [0.2, 0.25) is 0 Å². The summed E-state index contributed by atoms with van der Waals surface area (Å²) in [5.41, 5.74) is 1.05. The van der Waals surface area contributed by atoms with Gasteiger partial charge in [-0.1, -0.05) is 20.8 Å². The van der Waals surface area contributed by atoms with Crippen molar-refractivity contribution in [3.8, 4) is 0 Å². The molecule has 1 unspecified atom stereocenters. The van der Waals surface area contributed by atoms with E-state index >= 15 is 0 Å². The zero-order valence-corrected chi connectivity index (χ0v) is 8.50. The minimum Gasteiger partial charge on any atom is -0.239 e. The molecule has 0 aliphatic rings. The Hall–Kier alpha value is -0.990. The lowest BCUT2D eigenvalue weighted by Crippen LogP contribution is -2.12. The van der Waals surface area contributed by atoms with E-state index in [1.807, 2.05) is 0 Å². The third kappa shape index (κ3) is 2.47. The maximum Gasteiger partial charge on any atom is 0.162 e. The van der Waals surface area contributed by atoms with E-state index in [1.54, 1.807) is 12.4 Å². The Kier molecular flexibility index (Phi) is 2.64. The van der Waals surface area contributed by atoms with Crippen molar-refractivity contribution < 1.29 is 4.39 Å². The molecule has 1 atom stereocenters. The number of halogens is 1. The molecule has 0 saturated carbocycles. The van der Waals surface area contributed by atoms with E-state index in [0.29, 0.717) is 0 Å². The van der Waals surface area contributed by atoms with Crippen molar-refractivity contribution in [2.45, 2.75) is 39.3 Å². The average Bonchev–Trinajstić information content (AvgIpc) is 2.03. The molecule has 3 heteroatoms. The van der Waals surface area contributed by atoms with Gasteiger partial charge < -0.3 is 0 Å². The fraction of sp³-hybridized carbons (Fsp3) is 0.600.